The number of aromatic nitrogens is 3. The Bertz CT molecular complexity index is 940. The number of oxime groups is 1. The fourth-order valence-electron chi connectivity index (χ4n) is 2.37. The first-order chi connectivity index (χ1) is 11.7. The van der Waals surface area contributed by atoms with Crippen molar-refractivity contribution in [1.29, 1.82) is 0 Å². The molecule has 1 aliphatic heterocycles. The summed E-state index contributed by atoms with van der Waals surface area (Å²) in [5.74, 6) is -0.380. The van der Waals surface area contributed by atoms with E-state index in [2.05, 4.69) is 15.4 Å². The van der Waals surface area contributed by atoms with Gasteiger partial charge in [-0.1, -0.05) is 16.8 Å². The van der Waals surface area contributed by atoms with E-state index in [1.165, 1.54) is 6.92 Å². The van der Waals surface area contributed by atoms with Crippen LogP contribution >= 0.6 is 11.6 Å². The van der Waals surface area contributed by atoms with Crippen LogP contribution < -0.4 is 5.56 Å². The number of halogens is 4. The lowest BCUT2D eigenvalue weighted by atomic mass is 9.97. The molecule has 2 aromatic rings. The summed E-state index contributed by atoms with van der Waals surface area (Å²) in [6.45, 7) is 1.46. The average molecular weight is 375 g/mol. The summed E-state index contributed by atoms with van der Waals surface area (Å²) in [6.07, 6.45) is -4.54. The van der Waals surface area contributed by atoms with E-state index in [0.29, 0.717) is 0 Å². The Morgan fingerprint density at radius 3 is 2.64 bits per heavy atom. The molecule has 7 nitrogen and oxygen atoms in total. The summed E-state index contributed by atoms with van der Waals surface area (Å²) < 4.78 is 40.2. The van der Waals surface area contributed by atoms with Crippen LogP contribution in [0.1, 0.15) is 23.2 Å². The summed E-state index contributed by atoms with van der Waals surface area (Å²) in [4.78, 5) is 16.6. The van der Waals surface area contributed by atoms with Crippen molar-refractivity contribution in [3.63, 3.8) is 0 Å². The number of nitrogens with zero attached hydrogens (tertiary/aromatic N) is 4. The van der Waals surface area contributed by atoms with E-state index in [1.807, 2.05) is 0 Å². The van der Waals surface area contributed by atoms with Crippen LogP contribution in [0.2, 0.25) is 5.02 Å². The molecule has 0 bridgehead atoms. The number of aryl methyl sites for hydroxylation is 1. The minimum atomic E-state index is -4.68. The molecular weight excluding hydrogens is 365 g/mol. The fraction of sp³-hybridized carbons (Fsp3) is 0.286. The summed E-state index contributed by atoms with van der Waals surface area (Å²) >= 11 is 6.17. The van der Waals surface area contributed by atoms with Gasteiger partial charge in [-0.05, 0) is 19.1 Å². The number of alkyl halides is 3. The van der Waals surface area contributed by atoms with Crippen molar-refractivity contribution in [2.45, 2.75) is 19.5 Å². The van der Waals surface area contributed by atoms with Gasteiger partial charge in [0.2, 0.25) is 5.82 Å². The Balaban J connectivity index is 2.29. The van der Waals surface area contributed by atoms with Crippen molar-refractivity contribution in [3.05, 3.63) is 44.3 Å². The predicted molar refractivity (Wildman–Crippen MR) is 80.8 cm³/mol. The standard InChI is InChI=1S/C14H10ClF3N4O3/c1-6-13(23)22(24)12(20-19-6)7-2-3-8(14(16,17)18)10(11(7)15)9-4-5-25-21-9/h2-3,24H,4-5H2,1H3. The quantitative estimate of drug-likeness (QED) is 0.816. The molecule has 2 heterocycles. The van der Waals surface area contributed by atoms with Crippen LogP contribution in [0.5, 0.6) is 0 Å². The van der Waals surface area contributed by atoms with Gasteiger partial charge in [-0.2, -0.15) is 13.2 Å². The largest absolute Gasteiger partial charge is 0.423 e. The number of hydrogen-bond donors (Lipinski definition) is 1. The first-order valence-corrected chi connectivity index (χ1v) is 7.34. The molecule has 132 valence electrons. The second-order valence-corrected chi connectivity index (χ2v) is 5.57. The maximum atomic E-state index is 13.3. The SMILES string of the molecule is Cc1nnc(-c2ccc(C(F)(F)F)c(C3=NOCC3)c2Cl)n(O)c1=O. The van der Waals surface area contributed by atoms with Crippen LogP contribution in [-0.4, -0.2) is 32.5 Å². The second-order valence-electron chi connectivity index (χ2n) is 5.19. The smallest absolute Gasteiger partial charge is 0.417 e. The van der Waals surface area contributed by atoms with Gasteiger partial charge < -0.3 is 10.0 Å². The molecule has 0 fully saturated rings. The normalized spacial score (nSPS) is 14.4. The van der Waals surface area contributed by atoms with Gasteiger partial charge >= 0.3 is 11.7 Å². The Labute approximate surface area is 143 Å². The first kappa shape index (κ1) is 17.2. The number of rotatable bonds is 2. The molecule has 0 amide bonds. The molecule has 0 radical (unpaired) electrons. The molecule has 1 N–H and O–H groups in total. The average Bonchev–Trinajstić information content (AvgIpc) is 3.06. The van der Waals surface area contributed by atoms with Gasteiger partial charge in [-0.15, -0.1) is 14.9 Å². The van der Waals surface area contributed by atoms with Crippen LogP contribution in [0.3, 0.4) is 0 Å². The minimum Gasteiger partial charge on any atom is -0.423 e. The van der Waals surface area contributed by atoms with Gasteiger partial charge in [0.25, 0.3) is 0 Å². The van der Waals surface area contributed by atoms with E-state index in [9.17, 15) is 23.2 Å². The Kier molecular flexibility index (Phi) is 4.15. The lowest BCUT2D eigenvalue weighted by molar-refractivity contribution is -0.137. The zero-order chi connectivity index (χ0) is 18.4. The highest BCUT2D eigenvalue weighted by atomic mass is 35.5. The van der Waals surface area contributed by atoms with E-state index < -0.39 is 17.3 Å². The summed E-state index contributed by atoms with van der Waals surface area (Å²) in [6, 6.07) is 1.79. The lowest BCUT2D eigenvalue weighted by Crippen LogP contribution is -2.25. The number of benzene rings is 1. The van der Waals surface area contributed by atoms with Crippen LogP contribution in [-0.2, 0) is 11.0 Å². The van der Waals surface area contributed by atoms with Crippen molar-refractivity contribution in [2.24, 2.45) is 5.16 Å². The van der Waals surface area contributed by atoms with Gasteiger partial charge in [-0.3, -0.25) is 4.79 Å². The maximum Gasteiger partial charge on any atom is 0.417 e. The van der Waals surface area contributed by atoms with Crippen molar-refractivity contribution in [2.75, 3.05) is 6.61 Å². The molecule has 0 unspecified atom stereocenters. The van der Waals surface area contributed by atoms with E-state index in [1.54, 1.807) is 0 Å². The molecule has 1 aromatic heterocycles. The van der Waals surface area contributed by atoms with Gasteiger partial charge in [0.1, 0.15) is 12.3 Å². The summed E-state index contributed by atoms with van der Waals surface area (Å²) in [5, 5.41) is 20.4. The first-order valence-electron chi connectivity index (χ1n) is 6.96. The third-order valence-corrected chi connectivity index (χ3v) is 3.97. The van der Waals surface area contributed by atoms with E-state index in [-0.39, 0.29) is 51.1 Å². The molecule has 3 rings (SSSR count). The predicted octanol–water partition coefficient (Wildman–Crippen LogP) is 2.65. The molecule has 0 aliphatic carbocycles. The Morgan fingerprint density at radius 2 is 2.04 bits per heavy atom. The Morgan fingerprint density at radius 1 is 1.32 bits per heavy atom. The minimum absolute atomic E-state index is 0.0195. The molecule has 0 saturated heterocycles. The van der Waals surface area contributed by atoms with Crippen molar-refractivity contribution < 1.29 is 23.2 Å². The molecular formula is C14H10ClF3N4O3. The Hall–Kier alpha value is -2.62. The van der Waals surface area contributed by atoms with Crippen LogP contribution in [0.25, 0.3) is 11.4 Å². The van der Waals surface area contributed by atoms with Crippen LogP contribution in [0, 0.1) is 6.92 Å². The zero-order valence-corrected chi connectivity index (χ0v) is 13.4. The van der Waals surface area contributed by atoms with Gasteiger partial charge in [0, 0.05) is 17.5 Å². The van der Waals surface area contributed by atoms with Crippen molar-refractivity contribution in [3.8, 4) is 11.4 Å². The molecule has 1 aliphatic rings. The fourth-order valence-corrected chi connectivity index (χ4v) is 2.73. The molecule has 0 atom stereocenters. The zero-order valence-electron chi connectivity index (χ0n) is 12.6. The van der Waals surface area contributed by atoms with Crippen LogP contribution in [0.15, 0.2) is 22.1 Å². The monoisotopic (exact) mass is 374 g/mol. The van der Waals surface area contributed by atoms with Crippen molar-refractivity contribution in [1.82, 2.24) is 14.9 Å². The van der Waals surface area contributed by atoms with Crippen LogP contribution in [0.4, 0.5) is 13.2 Å². The lowest BCUT2D eigenvalue weighted by Gasteiger charge is -2.16. The van der Waals surface area contributed by atoms with Gasteiger partial charge in [0.15, 0.2) is 0 Å². The third kappa shape index (κ3) is 2.93. The molecule has 0 saturated carbocycles. The number of hydrogen-bond acceptors (Lipinski definition) is 6. The molecule has 1 aromatic carbocycles. The van der Waals surface area contributed by atoms with E-state index in [4.69, 9.17) is 16.4 Å². The second kappa shape index (κ2) is 6.03. The highest BCUT2D eigenvalue weighted by Gasteiger charge is 2.37. The van der Waals surface area contributed by atoms with Crippen molar-refractivity contribution >= 4 is 17.3 Å². The molecule has 25 heavy (non-hydrogen) atoms. The van der Waals surface area contributed by atoms with Gasteiger partial charge in [0.05, 0.1) is 16.3 Å². The highest BCUT2D eigenvalue weighted by molar-refractivity contribution is 6.37. The molecule has 0 spiro atoms. The van der Waals surface area contributed by atoms with E-state index in [0.717, 1.165) is 12.1 Å². The highest BCUT2D eigenvalue weighted by Crippen LogP contribution is 2.40. The topological polar surface area (TPSA) is 89.6 Å². The molecule has 11 heteroatoms. The van der Waals surface area contributed by atoms with E-state index >= 15 is 0 Å². The third-order valence-electron chi connectivity index (χ3n) is 3.58. The van der Waals surface area contributed by atoms with Gasteiger partial charge in [-0.25, -0.2) is 0 Å². The summed E-state index contributed by atoms with van der Waals surface area (Å²) in [7, 11) is 0. The summed E-state index contributed by atoms with van der Waals surface area (Å²) in [5.41, 5.74) is -2.39. The maximum absolute atomic E-state index is 13.3.